The van der Waals surface area contributed by atoms with Crippen molar-refractivity contribution >= 4 is 23.9 Å². The molecule has 0 spiro atoms. The van der Waals surface area contributed by atoms with E-state index in [2.05, 4.69) is 9.47 Å². The fourth-order valence-corrected chi connectivity index (χ4v) is 2.28. The number of esters is 4. The number of hydrogen-bond acceptors (Lipinski definition) is 10. The van der Waals surface area contributed by atoms with Gasteiger partial charge in [-0.3, -0.25) is 14.5 Å². The summed E-state index contributed by atoms with van der Waals surface area (Å²) in [4.78, 5) is 47.5. The lowest BCUT2D eigenvalue weighted by atomic mass is 10.3. The van der Waals surface area contributed by atoms with E-state index >= 15 is 0 Å². The Morgan fingerprint density at radius 2 is 1.46 bits per heavy atom. The van der Waals surface area contributed by atoms with Gasteiger partial charge in [0.2, 0.25) is 12.2 Å². The fourth-order valence-electron chi connectivity index (χ4n) is 2.28. The molecule has 2 unspecified atom stereocenters. The van der Waals surface area contributed by atoms with Crippen LogP contribution in [0.2, 0.25) is 0 Å². The Labute approximate surface area is 137 Å². The first kappa shape index (κ1) is 18.1. The molecule has 2 rings (SSSR count). The summed E-state index contributed by atoms with van der Waals surface area (Å²) in [5, 5.41) is 9.02. The van der Waals surface area contributed by atoms with Gasteiger partial charge in [-0.2, -0.15) is 0 Å². The van der Waals surface area contributed by atoms with E-state index in [1.165, 1.54) is 4.90 Å². The minimum Gasteiger partial charge on any atom is -0.463 e. The molecule has 0 aromatic rings. The average molecular weight is 345 g/mol. The molecule has 24 heavy (non-hydrogen) atoms. The second-order valence-electron chi connectivity index (χ2n) is 5.30. The molecule has 10 nitrogen and oxygen atoms in total. The van der Waals surface area contributed by atoms with Gasteiger partial charge in [0.25, 0.3) is 0 Å². The van der Waals surface area contributed by atoms with Crippen molar-refractivity contribution in [3.63, 3.8) is 0 Å². The molecule has 2 atom stereocenters. The van der Waals surface area contributed by atoms with E-state index < -0.39 is 36.1 Å². The lowest BCUT2D eigenvalue weighted by Gasteiger charge is -2.20. The van der Waals surface area contributed by atoms with Crippen LogP contribution in [0.3, 0.4) is 0 Å². The molecule has 0 aliphatic carbocycles. The molecule has 0 radical (unpaired) electrons. The first-order valence-electron chi connectivity index (χ1n) is 7.55. The van der Waals surface area contributed by atoms with Crippen molar-refractivity contribution in [3.05, 3.63) is 0 Å². The summed E-state index contributed by atoms with van der Waals surface area (Å²) in [6, 6.07) is 0. The second kappa shape index (κ2) is 8.60. The van der Waals surface area contributed by atoms with Gasteiger partial charge < -0.3 is 24.1 Å². The Hall–Kier alpha value is -2.20. The number of cyclic esters (lactones) is 2. The molecule has 1 N–H and O–H groups in total. The summed E-state index contributed by atoms with van der Waals surface area (Å²) in [6.07, 6.45) is -1.30. The highest BCUT2D eigenvalue weighted by molar-refractivity contribution is 5.83. The van der Waals surface area contributed by atoms with Gasteiger partial charge in [-0.15, -0.1) is 0 Å². The lowest BCUT2D eigenvalue weighted by molar-refractivity contribution is -0.164. The highest BCUT2D eigenvalue weighted by atomic mass is 16.6. The average Bonchev–Trinajstić information content (AvgIpc) is 3.09. The smallest absolute Gasteiger partial charge is 0.347 e. The highest BCUT2D eigenvalue weighted by Crippen LogP contribution is 2.12. The molecule has 0 amide bonds. The molecular weight excluding hydrogens is 326 g/mol. The molecule has 2 saturated heterocycles. The summed E-state index contributed by atoms with van der Waals surface area (Å²) in [5.41, 5.74) is 0. The Morgan fingerprint density at radius 1 is 1.00 bits per heavy atom. The summed E-state index contributed by atoms with van der Waals surface area (Å²) in [6.45, 7) is -0.503. The molecule has 2 heterocycles. The summed E-state index contributed by atoms with van der Waals surface area (Å²) in [7, 11) is 0. The van der Waals surface area contributed by atoms with Gasteiger partial charge in [-0.05, 0) is 0 Å². The van der Waals surface area contributed by atoms with E-state index in [-0.39, 0.29) is 52.3 Å². The van der Waals surface area contributed by atoms with Crippen LogP contribution in [0.4, 0.5) is 0 Å². The van der Waals surface area contributed by atoms with Gasteiger partial charge in [0.05, 0.1) is 32.9 Å². The minimum absolute atomic E-state index is 0.0222. The molecule has 2 aliphatic rings. The van der Waals surface area contributed by atoms with Crippen molar-refractivity contribution in [2.75, 3.05) is 39.5 Å². The molecule has 0 saturated carbocycles. The Bertz CT molecular complexity index is 464. The summed E-state index contributed by atoms with van der Waals surface area (Å²) < 4.78 is 19.3. The molecule has 0 bridgehead atoms. The Kier molecular flexibility index (Phi) is 6.50. The predicted molar refractivity (Wildman–Crippen MR) is 74.4 cm³/mol. The Morgan fingerprint density at radius 3 is 1.79 bits per heavy atom. The van der Waals surface area contributed by atoms with Gasteiger partial charge in [-0.1, -0.05) is 0 Å². The van der Waals surface area contributed by atoms with Crippen LogP contribution < -0.4 is 0 Å². The monoisotopic (exact) mass is 345 g/mol. The number of aliphatic hydroxyl groups excluding tert-OH is 1. The number of carbonyl (C=O) groups is 4. The maximum atomic E-state index is 11.8. The zero-order chi connectivity index (χ0) is 17.5. The highest BCUT2D eigenvalue weighted by Gasteiger charge is 2.32. The predicted octanol–water partition coefficient (Wildman–Crippen LogP) is -2.00. The van der Waals surface area contributed by atoms with E-state index in [4.69, 9.17) is 14.6 Å². The van der Waals surface area contributed by atoms with Gasteiger partial charge in [0, 0.05) is 19.4 Å². The standard InChI is InChI=1S/C14H19NO9/c16-4-3-15(7-11(17)23-9-1-5-21-13(9)19)8-12(18)24-10-2-6-22-14(10)20/h9-10,16H,1-8H2. The third kappa shape index (κ3) is 5.17. The molecule has 2 aliphatic heterocycles. The fraction of sp³-hybridized carbons (Fsp3) is 0.714. The van der Waals surface area contributed by atoms with Crippen LogP contribution in [0.25, 0.3) is 0 Å². The SMILES string of the molecule is O=C(CN(CCO)CC(=O)OC1CCOC1=O)OC1CCOC1=O. The maximum absolute atomic E-state index is 11.8. The summed E-state index contributed by atoms with van der Waals surface area (Å²) in [5.74, 6) is -2.65. The minimum atomic E-state index is -0.936. The van der Waals surface area contributed by atoms with E-state index in [1.807, 2.05) is 0 Å². The number of hydrogen-bond donors (Lipinski definition) is 1. The van der Waals surface area contributed by atoms with Crippen LogP contribution in [0.15, 0.2) is 0 Å². The van der Waals surface area contributed by atoms with E-state index in [0.717, 1.165) is 0 Å². The van der Waals surface area contributed by atoms with Gasteiger partial charge >= 0.3 is 23.9 Å². The maximum Gasteiger partial charge on any atom is 0.347 e. The quantitative estimate of drug-likeness (QED) is 0.389. The van der Waals surface area contributed by atoms with E-state index in [0.29, 0.717) is 0 Å². The molecule has 2 fully saturated rings. The van der Waals surface area contributed by atoms with Crippen LogP contribution in [-0.4, -0.2) is 85.5 Å². The van der Waals surface area contributed by atoms with Crippen molar-refractivity contribution < 1.29 is 43.2 Å². The van der Waals surface area contributed by atoms with Crippen molar-refractivity contribution in [1.82, 2.24) is 4.90 Å². The normalized spacial score (nSPS) is 23.1. The van der Waals surface area contributed by atoms with Gasteiger partial charge in [0.15, 0.2) is 0 Å². The molecule has 0 aromatic heterocycles. The largest absolute Gasteiger partial charge is 0.463 e. The third-order valence-electron chi connectivity index (χ3n) is 3.44. The topological polar surface area (TPSA) is 129 Å². The van der Waals surface area contributed by atoms with Crippen molar-refractivity contribution in [3.8, 4) is 0 Å². The first-order chi connectivity index (χ1) is 11.5. The molecule has 134 valence electrons. The zero-order valence-corrected chi connectivity index (χ0v) is 13.0. The Balaban J connectivity index is 1.79. The zero-order valence-electron chi connectivity index (χ0n) is 13.0. The first-order valence-corrected chi connectivity index (χ1v) is 7.55. The molecule has 0 aromatic carbocycles. The van der Waals surface area contributed by atoms with Gasteiger partial charge in [0.1, 0.15) is 0 Å². The van der Waals surface area contributed by atoms with Crippen LogP contribution in [0.5, 0.6) is 0 Å². The number of rotatable bonds is 8. The van der Waals surface area contributed by atoms with Gasteiger partial charge in [-0.25, -0.2) is 9.59 Å². The van der Waals surface area contributed by atoms with E-state index in [1.54, 1.807) is 0 Å². The van der Waals surface area contributed by atoms with Crippen LogP contribution in [0, 0.1) is 0 Å². The van der Waals surface area contributed by atoms with Crippen molar-refractivity contribution in [2.45, 2.75) is 25.0 Å². The molecule has 10 heteroatoms. The van der Waals surface area contributed by atoms with Crippen LogP contribution >= 0.6 is 0 Å². The number of aliphatic hydroxyl groups is 1. The van der Waals surface area contributed by atoms with Crippen molar-refractivity contribution in [1.29, 1.82) is 0 Å². The van der Waals surface area contributed by atoms with Crippen molar-refractivity contribution in [2.24, 2.45) is 0 Å². The number of ether oxygens (including phenoxy) is 4. The van der Waals surface area contributed by atoms with Crippen LogP contribution in [-0.2, 0) is 38.1 Å². The lowest BCUT2D eigenvalue weighted by Crippen LogP contribution is -2.40. The number of nitrogens with zero attached hydrogens (tertiary/aromatic N) is 1. The van der Waals surface area contributed by atoms with Crippen LogP contribution in [0.1, 0.15) is 12.8 Å². The second-order valence-corrected chi connectivity index (χ2v) is 5.30. The third-order valence-corrected chi connectivity index (χ3v) is 3.44. The summed E-state index contributed by atoms with van der Waals surface area (Å²) >= 11 is 0. The molecular formula is C14H19NO9. The number of carbonyl (C=O) groups excluding carboxylic acids is 4. The van der Waals surface area contributed by atoms with E-state index in [9.17, 15) is 19.2 Å².